The zero-order valence-corrected chi connectivity index (χ0v) is 10.3. The summed E-state index contributed by atoms with van der Waals surface area (Å²) in [6.45, 7) is 4.03. The molecule has 0 aliphatic carbocycles. The average molecular weight is 233 g/mol. The minimum atomic E-state index is -0.393. The van der Waals surface area contributed by atoms with Crippen LogP contribution in [0.4, 0.5) is 5.69 Å². The van der Waals surface area contributed by atoms with Crippen LogP contribution in [-0.2, 0) is 0 Å². The van der Waals surface area contributed by atoms with Crippen molar-refractivity contribution in [2.24, 2.45) is 0 Å². The average Bonchev–Trinajstić information content (AvgIpc) is 2.36. The van der Waals surface area contributed by atoms with E-state index in [0.717, 1.165) is 12.2 Å². The standard InChI is InChI=1S/C13H19N3O/c1-3-15-9-13(17)10-16(2)12-6-4-11(8-14)5-7-12/h4-7,13,15,17H,3,9-10H2,1-2H3. The van der Waals surface area contributed by atoms with Gasteiger partial charge in [-0.2, -0.15) is 5.26 Å². The summed E-state index contributed by atoms with van der Waals surface area (Å²) in [6, 6.07) is 9.42. The molecule has 1 unspecified atom stereocenters. The molecule has 0 bridgehead atoms. The first-order chi connectivity index (χ1) is 8.17. The fourth-order valence-electron chi connectivity index (χ4n) is 1.59. The third kappa shape index (κ3) is 4.43. The van der Waals surface area contributed by atoms with Crippen molar-refractivity contribution in [2.45, 2.75) is 13.0 Å². The number of anilines is 1. The van der Waals surface area contributed by atoms with E-state index in [4.69, 9.17) is 5.26 Å². The molecule has 0 fully saturated rings. The van der Waals surface area contributed by atoms with Crippen LogP contribution in [0.2, 0.25) is 0 Å². The first-order valence-electron chi connectivity index (χ1n) is 5.77. The van der Waals surface area contributed by atoms with Gasteiger partial charge in [-0.25, -0.2) is 0 Å². The summed E-state index contributed by atoms with van der Waals surface area (Å²) in [6.07, 6.45) is -0.393. The number of benzene rings is 1. The van der Waals surface area contributed by atoms with Crippen molar-refractivity contribution in [1.29, 1.82) is 5.26 Å². The molecule has 92 valence electrons. The Morgan fingerprint density at radius 3 is 2.59 bits per heavy atom. The Kier molecular flexibility index (Phi) is 5.47. The maximum atomic E-state index is 9.76. The Bertz CT molecular complexity index is 369. The quantitative estimate of drug-likeness (QED) is 0.768. The van der Waals surface area contributed by atoms with Crippen LogP contribution in [0.15, 0.2) is 24.3 Å². The minimum absolute atomic E-state index is 0.393. The summed E-state index contributed by atoms with van der Waals surface area (Å²) in [5, 5.41) is 21.6. The number of aliphatic hydroxyl groups is 1. The van der Waals surface area contributed by atoms with Crippen molar-refractivity contribution in [3.05, 3.63) is 29.8 Å². The van der Waals surface area contributed by atoms with Gasteiger partial charge >= 0.3 is 0 Å². The van der Waals surface area contributed by atoms with Crippen molar-refractivity contribution in [3.63, 3.8) is 0 Å². The van der Waals surface area contributed by atoms with Crippen molar-refractivity contribution >= 4 is 5.69 Å². The van der Waals surface area contributed by atoms with Crippen LogP contribution in [0, 0.1) is 11.3 Å². The molecule has 0 aliphatic heterocycles. The summed E-state index contributed by atoms with van der Waals surface area (Å²) in [7, 11) is 1.93. The highest BCUT2D eigenvalue weighted by molar-refractivity contribution is 5.49. The fourth-order valence-corrected chi connectivity index (χ4v) is 1.59. The molecule has 1 atom stereocenters. The van der Waals surface area contributed by atoms with Crippen LogP contribution in [0.5, 0.6) is 0 Å². The molecule has 4 heteroatoms. The lowest BCUT2D eigenvalue weighted by atomic mass is 10.2. The lowest BCUT2D eigenvalue weighted by Gasteiger charge is -2.22. The van der Waals surface area contributed by atoms with Gasteiger partial charge in [0.25, 0.3) is 0 Å². The van der Waals surface area contributed by atoms with Crippen LogP contribution in [0.1, 0.15) is 12.5 Å². The number of likely N-dealkylation sites (N-methyl/N-ethyl adjacent to an activating group) is 2. The van der Waals surface area contributed by atoms with Gasteiger partial charge in [-0.1, -0.05) is 6.92 Å². The van der Waals surface area contributed by atoms with E-state index in [1.807, 2.05) is 31.0 Å². The molecule has 0 radical (unpaired) electrons. The van der Waals surface area contributed by atoms with Gasteiger partial charge in [-0.05, 0) is 30.8 Å². The normalized spacial score (nSPS) is 11.9. The van der Waals surface area contributed by atoms with Gasteiger partial charge in [0.1, 0.15) is 0 Å². The molecule has 1 rings (SSSR count). The molecular formula is C13H19N3O. The molecule has 0 spiro atoms. The molecule has 0 heterocycles. The number of nitrogens with zero attached hydrogens (tertiary/aromatic N) is 2. The van der Waals surface area contributed by atoms with Crippen LogP contribution in [0.3, 0.4) is 0 Å². The molecule has 4 nitrogen and oxygen atoms in total. The molecular weight excluding hydrogens is 214 g/mol. The number of rotatable bonds is 6. The predicted octanol–water partition coefficient (Wildman–Crippen LogP) is 0.965. The molecule has 1 aromatic rings. The first kappa shape index (κ1) is 13.5. The largest absolute Gasteiger partial charge is 0.390 e. The Labute approximate surface area is 102 Å². The summed E-state index contributed by atoms with van der Waals surface area (Å²) in [4.78, 5) is 1.98. The summed E-state index contributed by atoms with van der Waals surface area (Å²) >= 11 is 0. The lowest BCUT2D eigenvalue weighted by molar-refractivity contribution is 0.179. The Balaban J connectivity index is 2.51. The minimum Gasteiger partial charge on any atom is -0.390 e. The number of nitriles is 1. The Morgan fingerprint density at radius 2 is 2.06 bits per heavy atom. The zero-order valence-electron chi connectivity index (χ0n) is 10.3. The molecule has 0 saturated heterocycles. The first-order valence-corrected chi connectivity index (χ1v) is 5.77. The second-order valence-electron chi connectivity index (χ2n) is 4.00. The lowest BCUT2D eigenvalue weighted by Crippen LogP contribution is -2.36. The third-order valence-corrected chi connectivity index (χ3v) is 2.55. The SMILES string of the molecule is CCNCC(O)CN(C)c1ccc(C#N)cc1. The monoisotopic (exact) mass is 233 g/mol. The topological polar surface area (TPSA) is 59.3 Å². The molecule has 0 amide bonds. The number of nitrogens with one attached hydrogen (secondary N) is 1. The van der Waals surface area contributed by atoms with E-state index in [9.17, 15) is 5.11 Å². The van der Waals surface area contributed by atoms with Crippen molar-refractivity contribution in [1.82, 2.24) is 5.32 Å². The maximum absolute atomic E-state index is 9.76. The van der Waals surface area contributed by atoms with E-state index in [2.05, 4.69) is 11.4 Å². The Hall–Kier alpha value is -1.57. The van der Waals surface area contributed by atoms with Crippen molar-refractivity contribution in [3.8, 4) is 6.07 Å². The second-order valence-corrected chi connectivity index (χ2v) is 4.00. The highest BCUT2D eigenvalue weighted by Crippen LogP contribution is 2.13. The number of hydrogen-bond donors (Lipinski definition) is 2. The van der Waals surface area contributed by atoms with Gasteiger partial charge in [0, 0.05) is 25.8 Å². The van der Waals surface area contributed by atoms with Gasteiger partial charge in [0.2, 0.25) is 0 Å². The molecule has 17 heavy (non-hydrogen) atoms. The van der Waals surface area contributed by atoms with E-state index < -0.39 is 6.10 Å². The molecule has 1 aromatic carbocycles. The Morgan fingerprint density at radius 1 is 1.41 bits per heavy atom. The van der Waals surface area contributed by atoms with Crippen LogP contribution in [0.25, 0.3) is 0 Å². The summed E-state index contributed by atoms with van der Waals surface area (Å²) in [5.74, 6) is 0. The molecule has 0 saturated carbocycles. The summed E-state index contributed by atoms with van der Waals surface area (Å²) < 4.78 is 0. The maximum Gasteiger partial charge on any atom is 0.0991 e. The molecule has 0 aliphatic rings. The number of aliphatic hydroxyl groups excluding tert-OH is 1. The third-order valence-electron chi connectivity index (χ3n) is 2.55. The molecule has 2 N–H and O–H groups in total. The second kappa shape index (κ2) is 6.89. The van der Waals surface area contributed by atoms with E-state index in [1.165, 1.54) is 0 Å². The van der Waals surface area contributed by atoms with Crippen LogP contribution >= 0.6 is 0 Å². The van der Waals surface area contributed by atoms with E-state index in [0.29, 0.717) is 18.7 Å². The number of hydrogen-bond acceptors (Lipinski definition) is 4. The van der Waals surface area contributed by atoms with Gasteiger partial charge < -0.3 is 15.3 Å². The zero-order chi connectivity index (χ0) is 12.7. The fraction of sp³-hybridized carbons (Fsp3) is 0.462. The van der Waals surface area contributed by atoms with Gasteiger partial charge in [-0.15, -0.1) is 0 Å². The molecule has 0 aromatic heterocycles. The van der Waals surface area contributed by atoms with Crippen molar-refractivity contribution < 1.29 is 5.11 Å². The van der Waals surface area contributed by atoms with E-state index >= 15 is 0 Å². The van der Waals surface area contributed by atoms with E-state index in [1.54, 1.807) is 12.1 Å². The van der Waals surface area contributed by atoms with Gasteiger partial charge in [0.15, 0.2) is 0 Å². The predicted molar refractivity (Wildman–Crippen MR) is 69.0 cm³/mol. The van der Waals surface area contributed by atoms with Gasteiger partial charge in [-0.3, -0.25) is 0 Å². The van der Waals surface area contributed by atoms with Gasteiger partial charge in [0.05, 0.1) is 17.7 Å². The highest BCUT2D eigenvalue weighted by atomic mass is 16.3. The highest BCUT2D eigenvalue weighted by Gasteiger charge is 2.08. The van der Waals surface area contributed by atoms with Crippen LogP contribution in [-0.4, -0.2) is 37.9 Å². The van der Waals surface area contributed by atoms with Crippen molar-refractivity contribution in [2.75, 3.05) is 31.6 Å². The van der Waals surface area contributed by atoms with Crippen LogP contribution < -0.4 is 10.2 Å². The summed E-state index contributed by atoms with van der Waals surface area (Å²) in [5.41, 5.74) is 1.65. The smallest absolute Gasteiger partial charge is 0.0991 e. The van der Waals surface area contributed by atoms with E-state index in [-0.39, 0.29) is 0 Å².